The lowest BCUT2D eigenvalue weighted by Crippen LogP contribution is -2.23. The molecule has 0 bridgehead atoms. The van der Waals surface area contributed by atoms with Gasteiger partial charge in [0, 0.05) is 0 Å². The molecule has 10 heavy (non-hydrogen) atoms. The number of halogens is 1. The molecule has 0 fully saturated rings. The van der Waals surface area contributed by atoms with Crippen LogP contribution >= 0.6 is 11.6 Å². The van der Waals surface area contributed by atoms with Crippen molar-refractivity contribution in [2.75, 3.05) is 5.88 Å². The SMILES string of the molecule is C=CC(=C)C.O=C([O-])CCl. The molecule has 3 heteroatoms. The topological polar surface area (TPSA) is 40.1 Å². The highest BCUT2D eigenvalue weighted by Gasteiger charge is 1.68. The van der Waals surface area contributed by atoms with Crippen LogP contribution in [0, 0.1) is 0 Å². The van der Waals surface area contributed by atoms with Crippen LogP contribution in [0.1, 0.15) is 6.92 Å². The van der Waals surface area contributed by atoms with Crippen molar-refractivity contribution in [3.63, 3.8) is 0 Å². The van der Waals surface area contributed by atoms with Crippen molar-refractivity contribution in [3.05, 3.63) is 24.8 Å². The maximum atomic E-state index is 9.12. The van der Waals surface area contributed by atoms with E-state index < -0.39 is 11.8 Å². The van der Waals surface area contributed by atoms with Gasteiger partial charge in [0.25, 0.3) is 0 Å². The minimum Gasteiger partial charge on any atom is -0.549 e. The number of alkyl halides is 1. The Labute approximate surface area is 65.8 Å². The maximum Gasteiger partial charge on any atom is 0.0620 e. The van der Waals surface area contributed by atoms with E-state index in [0.29, 0.717) is 0 Å². The lowest BCUT2D eigenvalue weighted by Gasteiger charge is -1.85. The van der Waals surface area contributed by atoms with Gasteiger partial charge in [-0.1, -0.05) is 24.8 Å². The summed E-state index contributed by atoms with van der Waals surface area (Å²) in [6, 6.07) is 0. The van der Waals surface area contributed by atoms with Gasteiger partial charge < -0.3 is 9.90 Å². The monoisotopic (exact) mass is 161 g/mol. The van der Waals surface area contributed by atoms with E-state index in [0.717, 1.165) is 5.57 Å². The summed E-state index contributed by atoms with van der Waals surface area (Å²) in [5.41, 5.74) is 1.02. The van der Waals surface area contributed by atoms with Crippen LogP contribution in [0.5, 0.6) is 0 Å². The van der Waals surface area contributed by atoms with Crippen LogP contribution in [0.2, 0.25) is 0 Å². The van der Waals surface area contributed by atoms with Crippen LogP contribution in [0.4, 0.5) is 0 Å². The molecule has 0 aromatic rings. The molecule has 0 N–H and O–H groups in total. The van der Waals surface area contributed by atoms with E-state index in [4.69, 9.17) is 9.90 Å². The Bertz CT molecular complexity index is 130. The second-order valence-electron chi connectivity index (χ2n) is 1.56. The first-order valence-electron chi connectivity index (χ1n) is 2.58. The van der Waals surface area contributed by atoms with E-state index in [9.17, 15) is 0 Å². The van der Waals surface area contributed by atoms with Crippen molar-refractivity contribution < 1.29 is 9.90 Å². The van der Waals surface area contributed by atoms with Crippen molar-refractivity contribution in [1.29, 1.82) is 0 Å². The molecule has 2 nitrogen and oxygen atoms in total. The minimum absolute atomic E-state index is 0.417. The highest BCUT2D eigenvalue weighted by Crippen LogP contribution is 1.81. The van der Waals surface area contributed by atoms with E-state index in [2.05, 4.69) is 24.8 Å². The molecule has 0 aliphatic carbocycles. The maximum absolute atomic E-state index is 9.12. The van der Waals surface area contributed by atoms with Gasteiger partial charge in [0.2, 0.25) is 0 Å². The molecule has 0 aromatic carbocycles. The van der Waals surface area contributed by atoms with Gasteiger partial charge in [0.1, 0.15) is 0 Å². The number of carbonyl (C=O) groups is 1. The Hall–Kier alpha value is -0.760. The minimum atomic E-state index is -1.23. The van der Waals surface area contributed by atoms with E-state index >= 15 is 0 Å². The van der Waals surface area contributed by atoms with E-state index in [1.54, 1.807) is 6.08 Å². The molecule has 0 aliphatic rings. The Morgan fingerprint density at radius 3 is 2.00 bits per heavy atom. The Morgan fingerprint density at radius 1 is 1.80 bits per heavy atom. The first-order valence-corrected chi connectivity index (χ1v) is 3.11. The standard InChI is InChI=1S/C5H8.C2H3ClO2/c1-4-5(2)3;3-1-2(4)5/h4H,1-2H2,3H3;1H2,(H,4,5)/p-1. The molecule has 0 saturated carbocycles. The van der Waals surface area contributed by atoms with Crippen molar-refractivity contribution in [1.82, 2.24) is 0 Å². The molecule has 0 aromatic heterocycles. The zero-order chi connectivity index (χ0) is 8.57. The molecule has 0 unspecified atom stereocenters. The Balaban J connectivity index is 0. The van der Waals surface area contributed by atoms with Crippen LogP contribution in [-0.2, 0) is 4.79 Å². The largest absolute Gasteiger partial charge is 0.549 e. The predicted molar refractivity (Wildman–Crippen MR) is 40.7 cm³/mol. The third kappa shape index (κ3) is 26.9. The summed E-state index contributed by atoms with van der Waals surface area (Å²) >= 11 is 4.67. The number of carboxylic acids is 1. The van der Waals surface area contributed by atoms with E-state index in [1.807, 2.05) is 6.92 Å². The average Bonchev–Trinajstić information content (AvgIpc) is 1.89. The predicted octanol–water partition coefficient (Wildman–Crippen LogP) is 0.724. The fourth-order valence-electron chi connectivity index (χ4n) is 0. The molecule has 0 amide bonds. The van der Waals surface area contributed by atoms with Crippen LogP contribution in [0.15, 0.2) is 24.8 Å². The van der Waals surface area contributed by atoms with E-state index in [-0.39, 0.29) is 0 Å². The second kappa shape index (κ2) is 8.24. The summed E-state index contributed by atoms with van der Waals surface area (Å²) in [4.78, 5) is 9.12. The fourth-order valence-corrected chi connectivity index (χ4v) is 0. The highest BCUT2D eigenvalue weighted by atomic mass is 35.5. The van der Waals surface area contributed by atoms with Crippen LogP contribution in [0.25, 0.3) is 0 Å². The third-order valence-corrected chi connectivity index (χ3v) is 0.676. The molecule has 0 radical (unpaired) electrons. The third-order valence-electron chi connectivity index (χ3n) is 0.458. The summed E-state index contributed by atoms with van der Waals surface area (Å²) in [5, 5.41) is 9.12. The van der Waals surface area contributed by atoms with Gasteiger partial charge in [-0.25, -0.2) is 0 Å². The second-order valence-corrected chi connectivity index (χ2v) is 1.82. The van der Waals surface area contributed by atoms with Gasteiger partial charge >= 0.3 is 0 Å². The summed E-state index contributed by atoms with van der Waals surface area (Å²) < 4.78 is 0. The molecule has 58 valence electrons. The normalized spacial score (nSPS) is 7.00. The fraction of sp³-hybridized carbons (Fsp3) is 0.286. The number of allylic oxidation sites excluding steroid dienone is 2. The smallest absolute Gasteiger partial charge is 0.0620 e. The van der Waals surface area contributed by atoms with Crippen molar-refractivity contribution in [3.8, 4) is 0 Å². The van der Waals surface area contributed by atoms with Crippen molar-refractivity contribution in [2.24, 2.45) is 0 Å². The van der Waals surface area contributed by atoms with Gasteiger partial charge in [-0.2, -0.15) is 0 Å². The van der Waals surface area contributed by atoms with Gasteiger partial charge in [-0.3, -0.25) is 0 Å². The zero-order valence-corrected chi connectivity index (χ0v) is 6.65. The van der Waals surface area contributed by atoms with Crippen LogP contribution in [0.3, 0.4) is 0 Å². The lowest BCUT2D eigenvalue weighted by molar-refractivity contribution is -0.301. The summed E-state index contributed by atoms with van der Waals surface area (Å²) in [5.74, 6) is -1.65. The summed E-state index contributed by atoms with van der Waals surface area (Å²) in [6.45, 7) is 8.93. The summed E-state index contributed by atoms with van der Waals surface area (Å²) in [6.07, 6.45) is 1.72. The molecule has 0 rings (SSSR count). The number of carbonyl (C=O) groups excluding carboxylic acids is 1. The molecule has 0 atom stereocenters. The number of hydrogen-bond donors (Lipinski definition) is 0. The Morgan fingerprint density at radius 2 is 2.00 bits per heavy atom. The van der Waals surface area contributed by atoms with Gasteiger partial charge in [0.05, 0.1) is 11.8 Å². The number of aliphatic carboxylic acids is 1. The quantitative estimate of drug-likeness (QED) is 0.443. The molecular formula is C7H10ClO2-. The molecule has 0 spiro atoms. The van der Waals surface area contributed by atoms with Crippen molar-refractivity contribution in [2.45, 2.75) is 6.92 Å². The van der Waals surface area contributed by atoms with E-state index in [1.165, 1.54) is 0 Å². The van der Waals surface area contributed by atoms with Crippen LogP contribution < -0.4 is 5.11 Å². The number of carboxylic acid groups (broad SMARTS) is 1. The number of rotatable bonds is 2. The Kier molecular flexibility index (Phi) is 9.86. The average molecular weight is 162 g/mol. The number of hydrogen-bond acceptors (Lipinski definition) is 2. The van der Waals surface area contributed by atoms with Gasteiger partial charge in [-0.05, 0) is 6.92 Å². The first kappa shape index (κ1) is 12.0. The molecular weight excluding hydrogens is 152 g/mol. The molecule has 0 saturated heterocycles. The molecule has 0 heterocycles. The lowest BCUT2D eigenvalue weighted by atomic mass is 10.4. The first-order chi connectivity index (χ1) is 4.54. The van der Waals surface area contributed by atoms with Gasteiger partial charge in [-0.15, -0.1) is 11.6 Å². The zero-order valence-electron chi connectivity index (χ0n) is 5.89. The van der Waals surface area contributed by atoms with Gasteiger partial charge in [0.15, 0.2) is 0 Å². The highest BCUT2D eigenvalue weighted by molar-refractivity contribution is 6.25. The van der Waals surface area contributed by atoms with Crippen molar-refractivity contribution >= 4 is 17.6 Å². The summed E-state index contributed by atoms with van der Waals surface area (Å²) in [7, 11) is 0. The van der Waals surface area contributed by atoms with Crippen LogP contribution in [-0.4, -0.2) is 11.8 Å². The molecule has 0 aliphatic heterocycles.